The molecule has 2 N–H and O–H groups in total. The molecule has 0 bridgehead atoms. The Balaban J connectivity index is 1.71. The molecule has 2 heterocycles. The van der Waals surface area contributed by atoms with Crippen molar-refractivity contribution in [1.29, 1.82) is 0 Å². The Hall–Kier alpha value is -1.66. The van der Waals surface area contributed by atoms with Gasteiger partial charge in [0.1, 0.15) is 17.6 Å². The molecular formula is C14H19N3O3. The zero-order valence-corrected chi connectivity index (χ0v) is 11.8. The molecule has 0 saturated heterocycles. The van der Waals surface area contributed by atoms with E-state index in [1.165, 1.54) is 6.42 Å². The zero-order valence-electron chi connectivity index (χ0n) is 11.8. The van der Waals surface area contributed by atoms with Gasteiger partial charge in [-0.1, -0.05) is 5.16 Å². The quantitative estimate of drug-likeness (QED) is 0.902. The van der Waals surface area contributed by atoms with E-state index >= 15 is 0 Å². The Kier molecular flexibility index (Phi) is 3.35. The molecule has 1 aliphatic rings. The minimum absolute atomic E-state index is 0.334. The summed E-state index contributed by atoms with van der Waals surface area (Å²) < 4.78 is 16.2. The van der Waals surface area contributed by atoms with Crippen LogP contribution in [0.5, 0.6) is 0 Å². The van der Waals surface area contributed by atoms with Gasteiger partial charge in [-0.05, 0) is 39.2 Å². The van der Waals surface area contributed by atoms with Crippen LogP contribution in [0.25, 0.3) is 11.5 Å². The van der Waals surface area contributed by atoms with Crippen molar-refractivity contribution < 1.29 is 13.7 Å². The van der Waals surface area contributed by atoms with Crippen LogP contribution in [0.2, 0.25) is 0 Å². The number of ether oxygens (including phenoxy) is 1. The highest BCUT2D eigenvalue weighted by Crippen LogP contribution is 2.26. The van der Waals surface area contributed by atoms with Gasteiger partial charge in [-0.3, -0.25) is 0 Å². The second-order valence-corrected chi connectivity index (χ2v) is 5.65. The molecule has 0 spiro atoms. The fraction of sp³-hybridized carbons (Fsp3) is 0.571. The van der Waals surface area contributed by atoms with Crippen molar-refractivity contribution in [1.82, 2.24) is 10.1 Å². The number of hydrogen-bond donors (Lipinski definition) is 1. The molecule has 1 atom stereocenters. The highest BCUT2D eigenvalue weighted by Gasteiger charge is 2.30. The number of furan rings is 1. The first kappa shape index (κ1) is 13.3. The summed E-state index contributed by atoms with van der Waals surface area (Å²) in [6, 6.07) is 1.84. The Morgan fingerprint density at radius 3 is 2.90 bits per heavy atom. The third-order valence-corrected chi connectivity index (χ3v) is 3.59. The molecule has 1 aliphatic carbocycles. The van der Waals surface area contributed by atoms with Gasteiger partial charge in [-0.2, -0.15) is 4.98 Å². The second-order valence-electron chi connectivity index (χ2n) is 5.65. The van der Waals surface area contributed by atoms with Crippen molar-refractivity contribution in [2.24, 2.45) is 5.73 Å². The molecule has 0 aliphatic heterocycles. The van der Waals surface area contributed by atoms with Crippen LogP contribution >= 0.6 is 0 Å². The van der Waals surface area contributed by atoms with E-state index in [1.54, 1.807) is 6.26 Å². The van der Waals surface area contributed by atoms with E-state index in [0.717, 1.165) is 24.2 Å². The maximum absolute atomic E-state index is 6.23. The molecule has 2 aromatic rings. The van der Waals surface area contributed by atoms with Crippen LogP contribution in [0.4, 0.5) is 0 Å². The summed E-state index contributed by atoms with van der Waals surface area (Å²) in [7, 11) is 0. The number of aromatic nitrogens is 2. The molecule has 1 unspecified atom stereocenters. The molecular weight excluding hydrogens is 258 g/mol. The minimum atomic E-state index is -0.754. The summed E-state index contributed by atoms with van der Waals surface area (Å²) in [5, 5.41) is 3.96. The summed E-state index contributed by atoms with van der Waals surface area (Å²) in [4.78, 5) is 4.34. The van der Waals surface area contributed by atoms with Crippen molar-refractivity contribution in [3.8, 4) is 11.5 Å². The molecule has 6 nitrogen and oxygen atoms in total. The van der Waals surface area contributed by atoms with Crippen LogP contribution in [0, 0.1) is 6.92 Å². The molecule has 20 heavy (non-hydrogen) atoms. The van der Waals surface area contributed by atoms with Crippen molar-refractivity contribution in [2.45, 2.75) is 44.8 Å². The SMILES string of the molecule is Cc1cc(-c2nc(C(C)(N)COC3CCC3)no2)co1. The highest BCUT2D eigenvalue weighted by atomic mass is 16.5. The lowest BCUT2D eigenvalue weighted by atomic mass is 9.95. The standard InChI is InChI=1S/C14H19N3O3/c1-9-6-10(7-18-9)12-16-13(17-20-12)14(2,15)8-19-11-4-3-5-11/h6-7,11H,3-5,8,15H2,1-2H3. The Bertz CT molecular complexity index is 584. The first-order valence-electron chi connectivity index (χ1n) is 6.85. The third kappa shape index (κ3) is 2.62. The van der Waals surface area contributed by atoms with Gasteiger partial charge in [-0.25, -0.2) is 0 Å². The van der Waals surface area contributed by atoms with E-state index in [2.05, 4.69) is 10.1 Å². The second kappa shape index (κ2) is 5.03. The maximum Gasteiger partial charge on any atom is 0.261 e. The van der Waals surface area contributed by atoms with Crippen LogP contribution in [-0.2, 0) is 10.3 Å². The number of nitrogens with zero attached hydrogens (tertiary/aromatic N) is 2. The van der Waals surface area contributed by atoms with Crippen molar-refractivity contribution in [2.75, 3.05) is 6.61 Å². The summed E-state index contributed by atoms with van der Waals surface area (Å²) in [6.45, 7) is 4.10. The van der Waals surface area contributed by atoms with Crippen LogP contribution in [-0.4, -0.2) is 22.9 Å². The monoisotopic (exact) mass is 277 g/mol. The Labute approximate surface area is 117 Å². The van der Waals surface area contributed by atoms with Gasteiger partial charge in [0.2, 0.25) is 0 Å². The van der Waals surface area contributed by atoms with Gasteiger partial charge in [-0.15, -0.1) is 0 Å². The predicted molar refractivity (Wildman–Crippen MR) is 71.9 cm³/mol. The lowest BCUT2D eigenvalue weighted by Crippen LogP contribution is -2.41. The number of hydrogen-bond acceptors (Lipinski definition) is 6. The fourth-order valence-corrected chi connectivity index (χ4v) is 2.02. The predicted octanol–water partition coefficient (Wildman–Crippen LogP) is 2.38. The number of nitrogens with two attached hydrogens (primary N) is 1. The molecule has 0 radical (unpaired) electrons. The largest absolute Gasteiger partial charge is 0.469 e. The number of aryl methyl sites for hydroxylation is 1. The van der Waals surface area contributed by atoms with Crippen LogP contribution in [0.1, 0.15) is 37.8 Å². The van der Waals surface area contributed by atoms with Crippen LogP contribution in [0.3, 0.4) is 0 Å². The normalized spacial score (nSPS) is 18.8. The first-order valence-corrected chi connectivity index (χ1v) is 6.85. The first-order chi connectivity index (χ1) is 9.54. The summed E-state index contributed by atoms with van der Waals surface area (Å²) in [5.41, 5.74) is 6.24. The van der Waals surface area contributed by atoms with Crippen molar-refractivity contribution >= 4 is 0 Å². The molecule has 3 rings (SSSR count). The summed E-state index contributed by atoms with van der Waals surface area (Å²) >= 11 is 0. The van der Waals surface area contributed by atoms with Gasteiger partial charge < -0.3 is 19.4 Å². The average Bonchev–Trinajstić information content (AvgIpc) is 2.94. The number of rotatable bonds is 5. The summed E-state index contributed by atoms with van der Waals surface area (Å²) in [5.74, 6) is 1.66. The van der Waals surface area contributed by atoms with Gasteiger partial charge in [0.25, 0.3) is 5.89 Å². The molecule has 1 saturated carbocycles. The van der Waals surface area contributed by atoms with Crippen molar-refractivity contribution in [3.63, 3.8) is 0 Å². The van der Waals surface area contributed by atoms with E-state index < -0.39 is 5.54 Å². The van der Waals surface area contributed by atoms with E-state index in [0.29, 0.717) is 24.4 Å². The van der Waals surface area contributed by atoms with Gasteiger partial charge in [0.05, 0.1) is 18.3 Å². The molecule has 1 fully saturated rings. The topological polar surface area (TPSA) is 87.3 Å². The van der Waals surface area contributed by atoms with E-state index in [9.17, 15) is 0 Å². The minimum Gasteiger partial charge on any atom is -0.469 e. The fourth-order valence-electron chi connectivity index (χ4n) is 2.02. The molecule has 6 heteroatoms. The molecule has 108 valence electrons. The summed E-state index contributed by atoms with van der Waals surface area (Å²) in [6.07, 6.45) is 5.38. The lowest BCUT2D eigenvalue weighted by Gasteiger charge is -2.29. The molecule has 2 aromatic heterocycles. The Morgan fingerprint density at radius 2 is 2.30 bits per heavy atom. The van der Waals surface area contributed by atoms with Gasteiger partial charge >= 0.3 is 0 Å². The van der Waals surface area contributed by atoms with E-state index in [4.69, 9.17) is 19.4 Å². The van der Waals surface area contributed by atoms with E-state index in [1.807, 2.05) is 19.9 Å². The highest BCUT2D eigenvalue weighted by molar-refractivity contribution is 5.51. The van der Waals surface area contributed by atoms with Gasteiger partial charge in [0, 0.05) is 0 Å². The molecule has 0 amide bonds. The average molecular weight is 277 g/mol. The van der Waals surface area contributed by atoms with Crippen molar-refractivity contribution in [3.05, 3.63) is 23.9 Å². The Morgan fingerprint density at radius 1 is 1.50 bits per heavy atom. The van der Waals surface area contributed by atoms with Gasteiger partial charge in [0.15, 0.2) is 5.82 Å². The van der Waals surface area contributed by atoms with E-state index in [-0.39, 0.29) is 0 Å². The third-order valence-electron chi connectivity index (χ3n) is 3.59. The zero-order chi connectivity index (χ0) is 14.2. The smallest absolute Gasteiger partial charge is 0.261 e. The lowest BCUT2D eigenvalue weighted by molar-refractivity contribution is -0.0222. The van der Waals surface area contributed by atoms with Crippen LogP contribution in [0.15, 0.2) is 21.3 Å². The maximum atomic E-state index is 6.23. The van der Waals surface area contributed by atoms with Crippen LogP contribution < -0.4 is 5.73 Å². The molecule has 0 aromatic carbocycles.